The first-order chi connectivity index (χ1) is 14.5. The van der Waals surface area contributed by atoms with Gasteiger partial charge in [-0.2, -0.15) is 0 Å². The molecule has 1 aliphatic carbocycles. The Balaban J connectivity index is 0. The second-order valence-electron chi connectivity index (χ2n) is 10.6. The molecule has 0 heterocycles. The van der Waals surface area contributed by atoms with Crippen LogP contribution in [0.15, 0.2) is 24.1 Å². The highest BCUT2D eigenvalue weighted by Crippen LogP contribution is 2.37. The minimum Gasteiger partial charge on any atom is -0.412 e. The molecule has 0 aromatic heterocycles. The van der Waals surface area contributed by atoms with E-state index in [1.807, 2.05) is 6.92 Å². The second-order valence-corrected chi connectivity index (χ2v) is 10.6. The minimum absolute atomic E-state index is 0. The summed E-state index contributed by atoms with van der Waals surface area (Å²) in [6.07, 6.45) is 11.2. The van der Waals surface area contributed by atoms with Gasteiger partial charge in [-0.15, -0.1) is 0 Å². The molecule has 0 spiro atoms. The van der Waals surface area contributed by atoms with Crippen LogP contribution in [0.5, 0.6) is 0 Å². The van der Waals surface area contributed by atoms with Crippen molar-refractivity contribution in [2.75, 3.05) is 6.54 Å². The van der Waals surface area contributed by atoms with E-state index in [-0.39, 0.29) is 17.2 Å². The molecule has 2 atom stereocenters. The average molecular weight is 460 g/mol. The third kappa shape index (κ3) is 13.7. The van der Waals surface area contributed by atoms with E-state index in [2.05, 4.69) is 39.6 Å². The van der Waals surface area contributed by atoms with Crippen LogP contribution in [0.25, 0.3) is 0 Å². The predicted octanol–water partition coefficient (Wildman–Crippen LogP) is 8.37. The molecule has 0 saturated heterocycles. The van der Waals surface area contributed by atoms with E-state index >= 15 is 0 Å². The first kappa shape index (κ1) is 33.4. The first-order valence-electron chi connectivity index (χ1n) is 12.9. The average Bonchev–Trinajstić information content (AvgIpc) is 2.70. The summed E-state index contributed by atoms with van der Waals surface area (Å²) in [7, 11) is 0. The Hall–Kier alpha value is -0.740. The van der Waals surface area contributed by atoms with Gasteiger partial charge in [-0.25, -0.2) is 8.78 Å². The molecule has 4 heteroatoms. The molecule has 0 aromatic rings. The van der Waals surface area contributed by atoms with Gasteiger partial charge in [-0.05, 0) is 95.9 Å². The smallest absolute Gasteiger partial charge is 0.108 e. The molecule has 0 radical (unpaired) electrons. The number of rotatable bonds is 12. The Morgan fingerprint density at radius 1 is 1.12 bits per heavy atom. The number of alkyl halides is 1. The summed E-state index contributed by atoms with van der Waals surface area (Å²) < 4.78 is 27.3. The number of hydrogen-bond donors (Lipinski definition) is 1. The van der Waals surface area contributed by atoms with Crippen molar-refractivity contribution in [1.82, 2.24) is 5.32 Å². The largest absolute Gasteiger partial charge is 0.412 e. The Bertz CT molecular complexity index is 502. The van der Waals surface area contributed by atoms with Gasteiger partial charge in [0.2, 0.25) is 0 Å². The fourth-order valence-electron chi connectivity index (χ4n) is 4.37. The lowest BCUT2D eigenvalue weighted by Gasteiger charge is -2.35. The fraction of sp³-hybridized carbons (Fsp3) is 0.857. The van der Waals surface area contributed by atoms with Gasteiger partial charge in [-0.1, -0.05) is 65.7 Å². The minimum atomic E-state index is -1.12. The second kappa shape index (κ2) is 17.7. The van der Waals surface area contributed by atoms with Crippen LogP contribution in [0.3, 0.4) is 0 Å². The van der Waals surface area contributed by atoms with E-state index in [4.69, 9.17) is 0 Å². The molecular formula is C28H55F2NO. The monoisotopic (exact) mass is 459 g/mol. The summed E-state index contributed by atoms with van der Waals surface area (Å²) in [5.74, 6) is 1.88. The molecule has 1 unspecified atom stereocenters. The molecule has 0 aromatic carbocycles. The van der Waals surface area contributed by atoms with Gasteiger partial charge in [0.15, 0.2) is 0 Å². The number of halogens is 2. The first-order valence-corrected chi connectivity index (χ1v) is 12.9. The third-order valence-corrected chi connectivity index (χ3v) is 6.89. The van der Waals surface area contributed by atoms with Gasteiger partial charge in [-0.3, -0.25) is 0 Å². The zero-order chi connectivity index (χ0) is 24.0. The van der Waals surface area contributed by atoms with Gasteiger partial charge in [0.1, 0.15) is 5.67 Å². The fourth-order valence-corrected chi connectivity index (χ4v) is 4.37. The van der Waals surface area contributed by atoms with Gasteiger partial charge in [0.25, 0.3) is 0 Å². The zero-order valence-electron chi connectivity index (χ0n) is 22.5. The summed E-state index contributed by atoms with van der Waals surface area (Å²) in [5, 5.41) is 3.67. The molecule has 0 bridgehead atoms. The highest BCUT2D eigenvalue weighted by Gasteiger charge is 2.29. The number of allylic oxidation sites excluding steroid dienone is 2. The van der Waals surface area contributed by atoms with Crippen LogP contribution in [0, 0.1) is 23.7 Å². The maximum Gasteiger partial charge on any atom is 0.108 e. The van der Waals surface area contributed by atoms with Crippen molar-refractivity contribution >= 4 is 0 Å². The van der Waals surface area contributed by atoms with Crippen molar-refractivity contribution in [2.45, 2.75) is 125 Å². The van der Waals surface area contributed by atoms with Crippen molar-refractivity contribution in [3.63, 3.8) is 0 Å². The Morgan fingerprint density at radius 3 is 2.09 bits per heavy atom. The van der Waals surface area contributed by atoms with Crippen LogP contribution in [0.2, 0.25) is 0 Å². The van der Waals surface area contributed by atoms with E-state index in [1.165, 1.54) is 37.7 Å². The summed E-state index contributed by atoms with van der Waals surface area (Å²) in [4.78, 5) is 0. The van der Waals surface area contributed by atoms with E-state index in [1.54, 1.807) is 26.8 Å². The van der Waals surface area contributed by atoms with E-state index in [0.29, 0.717) is 24.3 Å². The van der Waals surface area contributed by atoms with Crippen LogP contribution >= 0.6 is 0 Å². The maximum absolute atomic E-state index is 14.0. The molecule has 0 aliphatic heterocycles. The highest BCUT2D eigenvalue weighted by atomic mass is 19.1. The highest BCUT2D eigenvalue weighted by molar-refractivity contribution is 5.12. The molecule has 1 rings (SSSR count). The van der Waals surface area contributed by atoms with Gasteiger partial charge in [0, 0.05) is 6.04 Å². The van der Waals surface area contributed by atoms with Crippen molar-refractivity contribution in [3.05, 3.63) is 24.1 Å². The number of nitrogens with one attached hydrogen (secondary N) is 1. The van der Waals surface area contributed by atoms with Crippen molar-refractivity contribution in [3.8, 4) is 0 Å². The van der Waals surface area contributed by atoms with Crippen LogP contribution in [-0.4, -0.2) is 23.7 Å². The Morgan fingerprint density at radius 2 is 1.66 bits per heavy atom. The lowest BCUT2D eigenvalue weighted by atomic mass is 9.74. The van der Waals surface area contributed by atoms with E-state index < -0.39 is 5.67 Å². The molecular weight excluding hydrogens is 404 g/mol. The van der Waals surface area contributed by atoms with Crippen molar-refractivity contribution in [1.29, 1.82) is 0 Å². The topological polar surface area (TPSA) is 43.5 Å². The van der Waals surface area contributed by atoms with E-state index in [0.717, 1.165) is 31.7 Å². The molecule has 1 aliphatic rings. The Kier molecular flexibility index (Phi) is 18.5. The lowest BCUT2D eigenvalue weighted by Crippen LogP contribution is -2.40. The quantitative estimate of drug-likeness (QED) is 0.293. The zero-order valence-corrected chi connectivity index (χ0v) is 22.5. The van der Waals surface area contributed by atoms with Gasteiger partial charge >= 0.3 is 0 Å². The maximum atomic E-state index is 14.0. The predicted molar refractivity (Wildman–Crippen MR) is 138 cm³/mol. The van der Waals surface area contributed by atoms with Crippen LogP contribution in [-0.2, 0) is 0 Å². The van der Waals surface area contributed by atoms with Gasteiger partial charge < -0.3 is 10.8 Å². The van der Waals surface area contributed by atoms with Crippen molar-refractivity contribution < 1.29 is 14.3 Å². The van der Waals surface area contributed by atoms with Gasteiger partial charge in [0.05, 0.1) is 5.83 Å². The van der Waals surface area contributed by atoms with Crippen molar-refractivity contribution in [2.24, 2.45) is 23.7 Å². The summed E-state index contributed by atoms with van der Waals surface area (Å²) in [6.45, 7) is 21.1. The standard InChI is InChI=1S/C25H45F2N.C3H8.H2O/c1-8-23(26)11-9-10-21-12-14-22(15-13-21)20(5)24(18(2)3)28-17-16-19(4)25(6,7)27;1-3-2;/h8,18-19,21-22,24,28H,5,9-17H2,1-4,6-7H3;3H2,1-2H3;1H2/b23-8+;;/t19?,21?,22?,24-;;/m1../s1. The lowest BCUT2D eigenvalue weighted by molar-refractivity contribution is 0.128. The summed E-state index contributed by atoms with van der Waals surface area (Å²) in [6, 6.07) is 0.306. The van der Waals surface area contributed by atoms with Crippen LogP contribution in [0.1, 0.15) is 113 Å². The molecule has 3 N–H and O–H groups in total. The normalized spacial score (nSPS) is 21.3. The summed E-state index contributed by atoms with van der Waals surface area (Å²) in [5.41, 5.74) is 0.209. The van der Waals surface area contributed by atoms with E-state index in [9.17, 15) is 8.78 Å². The molecule has 2 nitrogen and oxygen atoms in total. The third-order valence-electron chi connectivity index (χ3n) is 6.89. The number of hydrogen-bond acceptors (Lipinski definition) is 1. The van der Waals surface area contributed by atoms with Crippen LogP contribution in [0.4, 0.5) is 8.78 Å². The summed E-state index contributed by atoms with van der Waals surface area (Å²) >= 11 is 0. The molecule has 32 heavy (non-hydrogen) atoms. The molecule has 192 valence electrons. The molecule has 0 amide bonds. The van der Waals surface area contributed by atoms with Crippen LogP contribution < -0.4 is 5.32 Å². The molecule has 1 saturated carbocycles. The Labute approximate surface area is 199 Å². The SMILES string of the molecule is C=C(C1CCC(CCC/C(F)=C\C)CC1)[C@H](NCCC(C)C(C)(C)F)C(C)C.CCC.O. The molecule has 1 fully saturated rings.